The molecule has 35 heavy (non-hydrogen) atoms. The van der Waals surface area contributed by atoms with Crippen molar-refractivity contribution in [3.63, 3.8) is 0 Å². The van der Waals surface area contributed by atoms with Gasteiger partial charge in [-0.05, 0) is 25.5 Å². The molecule has 0 unspecified atom stereocenters. The zero-order chi connectivity index (χ0) is 24.6. The maximum absolute atomic E-state index is 13.7. The van der Waals surface area contributed by atoms with Crippen molar-refractivity contribution >= 4 is 49.0 Å². The number of aryl methyl sites for hydroxylation is 1. The standard InChI is InChI=1S/C21H15ClF3N9S/c1-9-13(6-27-32(9)3)12-4-14(21(23,24)25)29-20-15(12)16-17(35-20)19-30-18(31-34(19)8-26-16)10(2)33-7-11(22)5-28-33/h4-8,10H,1-3H3/t10-/m1/s1. The Labute approximate surface area is 203 Å². The highest BCUT2D eigenvalue weighted by Gasteiger charge is 2.35. The maximum atomic E-state index is 13.7. The molecule has 0 N–H and O–H groups in total. The van der Waals surface area contributed by atoms with Gasteiger partial charge in [-0.3, -0.25) is 9.36 Å². The molecule has 0 saturated heterocycles. The fourth-order valence-electron chi connectivity index (χ4n) is 3.99. The van der Waals surface area contributed by atoms with Crippen LogP contribution in [-0.2, 0) is 13.2 Å². The van der Waals surface area contributed by atoms with E-state index in [0.717, 1.165) is 23.1 Å². The van der Waals surface area contributed by atoms with Gasteiger partial charge >= 0.3 is 6.18 Å². The Morgan fingerprint density at radius 2 is 1.91 bits per heavy atom. The minimum Gasteiger partial charge on any atom is -0.272 e. The van der Waals surface area contributed by atoms with Crippen LogP contribution in [-0.4, -0.2) is 44.1 Å². The molecule has 178 valence electrons. The van der Waals surface area contributed by atoms with Gasteiger partial charge < -0.3 is 0 Å². The summed E-state index contributed by atoms with van der Waals surface area (Å²) in [6, 6.07) is 0.735. The van der Waals surface area contributed by atoms with Crippen LogP contribution < -0.4 is 0 Å². The first-order valence-corrected chi connectivity index (χ1v) is 11.6. The third-order valence-electron chi connectivity index (χ3n) is 5.94. The average Bonchev–Trinajstić information content (AvgIpc) is 3.57. The van der Waals surface area contributed by atoms with E-state index in [1.54, 1.807) is 35.7 Å². The van der Waals surface area contributed by atoms with Gasteiger partial charge in [0.25, 0.3) is 0 Å². The predicted molar refractivity (Wildman–Crippen MR) is 124 cm³/mol. The second-order valence-electron chi connectivity index (χ2n) is 8.08. The molecule has 6 rings (SSSR count). The lowest BCUT2D eigenvalue weighted by Crippen LogP contribution is -2.09. The van der Waals surface area contributed by atoms with Crippen molar-refractivity contribution in [1.82, 2.24) is 44.1 Å². The molecule has 6 aromatic heterocycles. The number of thiophene rings is 1. The van der Waals surface area contributed by atoms with Crippen molar-refractivity contribution in [3.05, 3.63) is 53.2 Å². The monoisotopic (exact) mass is 517 g/mol. The van der Waals surface area contributed by atoms with Crippen molar-refractivity contribution in [2.75, 3.05) is 0 Å². The molecule has 0 fully saturated rings. The van der Waals surface area contributed by atoms with E-state index in [2.05, 4.69) is 30.2 Å². The second-order valence-corrected chi connectivity index (χ2v) is 9.51. The van der Waals surface area contributed by atoms with E-state index >= 15 is 0 Å². The van der Waals surface area contributed by atoms with Crippen LogP contribution in [0.2, 0.25) is 5.02 Å². The molecule has 0 aliphatic heterocycles. The molecule has 14 heteroatoms. The van der Waals surface area contributed by atoms with E-state index in [1.165, 1.54) is 17.0 Å². The molecule has 0 amide bonds. The number of hydrogen-bond acceptors (Lipinski definition) is 7. The zero-order valence-electron chi connectivity index (χ0n) is 18.4. The van der Waals surface area contributed by atoms with Crippen LogP contribution in [0.25, 0.3) is 37.2 Å². The van der Waals surface area contributed by atoms with Crippen LogP contribution in [0.1, 0.15) is 30.2 Å². The first-order chi connectivity index (χ1) is 16.6. The predicted octanol–water partition coefficient (Wildman–Crippen LogP) is 5.07. The number of pyridine rings is 1. The van der Waals surface area contributed by atoms with Gasteiger partial charge in [0.15, 0.2) is 11.5 Å². The Balaban J connectivity index is 1.63. The van der Waals surface area contributed by atoms with E-state index in [4.69, 9.17) is 11.6 Å². The second kappa shape index (κ2) is 7.46. The third-order valence-corrected chi connectivity index (χ3v) is 7.20. The van der Waals surface area contributed by atoms with Gasteiger partial charge in [-0.2, -0.15) is 23.4 Å². The van der Waals surface area contributed by atoms with Crippen LogP contribution in [0.4, 0.5) is 13.2 Å². The third kappa shape index (κ3) is 3.37. The molecule has 0 radical (unpaired) electrons. The first-order valence-electron chi connectivity index (χ1n) is 10.4. The summed E-state index contributed by atoms with van der Waals surface area (Å²) >= 11 is 7.09. The Kier molecular flexibility index (Phi) is 4.67. The largest absolute Gasteiger partial charge is 0.433 e. The van der Waals surface area contributed by atoms with Crippen molar-refractivity contribution in [3.8, 4) is 11.1 Å². The van der Waals surface area contributed by atoms with Gasteiger partial charge in [0, 0.05) is 29.9 Å². The lowest BCUT2D eigenvalue weighted by atomic mass is 10.0. The lowest BCUT2D eigenvalue weighted by Gasteiger charge is -2.10. The van der Waals surface area contributed by atoms with Crippen molar-refractivity contribution in [1.29, 1.82) is 0 Å². The highest BCUT2D eigenvalue weighted by molar-refractivity contribution is 7.26. The fourth-order valence-corrected chi connectivity index (χ4v) is 5.26. The molecular formula is C21H15ClF3N9S. The van der Waals surface area contributed by atoms with E-state index in [1.807, 2.05) is 6.92 Å². The van der Waals surface area contributed by atoms with Crippen molar-refractivity contribution in [2.24, 2.45) is 7.05 Å². The lowest BCUT2D eigenvalue weighted by molar-refractivity contribution is -0.140. The molecule has 6 heterocycles. The summed E-state index contributed by atoms with van der Waals surface area (Å²) in [7, 11) is 1.74. The summed E-state index contributed by atoms with van der Waals surface area (Å²) in [4.78, 5) is 13.4. The Morgan fingerprint density at radius 3 is 2.57 bits per heavy atom. The van der Waals surface area contributed by atoms with Crippen LogP contribution in [0.3, 0.4) is 0 Å². The van der Waals surface area contributed by atoms with Crippen molar-refractivity contribution < 1.29 is 13.2 Å². The summed E-state index contributed by atoms with van der Waals surface area (Å²) < 4.78 is 46.6. The number of aromatic nitrogens is 9. The van der Waals surface area contributed by atoms with Gasteiger partial charge in [-0.15, -0.1) is 16.4 Å². The molecule has 0 bridgehead atoms. The highest BCUT2D eigenvalue weighted by atomic mass is 35.5. The summed E-state index contributed by atoms with van der Waals surface area (Å²) in [5.41, 5.74) is 1.68. The van der Waals surface area contributed by atoms with Gasteiger partial charge in [0.1, 0.15) is 27.6 Å². The molecule has 0 aliphatic carbocycles. The average molecular weight is 518 g/mol. The Morgan fingerprint density at radius 1 is 1.11 bits per heavy atom. The fraction of sp³-hybridized carbons (Fsp3) is 0.238. The van der Waals surface area contributed by atoms with Gasteiger partial charge in [0.2, 0.25) is 0 Å². The zero-order valence-corrected chi connectivity index (χ0v) is 20.0. The van der Waals surface area contributed by atoms with Gasteiger partial charge in [0.05, 0.1) is 22.9 Å². The highest BCUT2D eigenvalue weighted by Crippen LogP contribution is 2.43. The van der Waals surface area contributed by atoms with Crippen LogP contribution >= 0.6 is 22.9 Å². The quantitative estimate of drug-likeness (QED) is 0.325. The van der Waals surface area contributed by atoms with E-state index in [9.17, 15) is 13.2 Å². The summed E-state index contributed by atoms with van der Waals surface area (Å²) in [6.45, 7) is 3.67. The number of fused-ring (bicyclic) bond motifs is 5. The van der Waals surface area contributed by atoms with Crippen molar-refractivity contribution in [2.45, 2.75) is 26.1 Å². The molecule has 0 spiro atoms. The maximum Gasteiger partial charge on any atom is 0.433 e. The number of alkyl halides is 3. The van der Waals surface area contributed by atoms with Gasteiger partial charge in [-0.25, -0.2) is 19.5 Å². The molecule has 1 atom stereocenters. The number of halogens is 4. The first kappa shape index (κ1) is 21.9. The minimum absolute atomic E-state index is 0.213. The number of nitrogens with zero attached hydrogens (tertiary/aromatic N) is 9. The van der Waals surface area contributed by atoms with Crippen LogP contribution in [0, 0.1) is 6.92 Å². The van der Waals surface area contributed by atoms with Gasteiger partial charge in [-0.1, -0.05) is 11.6 Å². The van der Waals surface area contributed by atoms with E-state index in [-0.39, 0.29) is 10.9 Å². The summed E-state index contributed by atoms with van der Waals surface area (Å²) in [5.74, 6) is 0.462. The minimum atomic E-state index is -4.61. The molecule has 0 saturated carbocycles. The Bertz CT molecular complexity index is 1760. The number of hydrogen-bond donors (Lipinski definition) is 0. The van der Waals surface area contributed by atoms with Crippen LogP contribution in [0.5, 0.6) is 0 Å². The Hall–Kier alpha value is -3.58. The van der Waals surface area contributed by atoms with Crippen LogP contribution in [0.15, 0.2) is 31.0 Å². The van der Waals surface area contributed by atoms with E-state index in [0.29, 0.717) is 43.2 Å². The van der Waals surface area contributed by atoms with E-state index < -0.39 is 11.9 Å². The molecule has 0 aromatic carbocycles. The SMILES string of the molecule is Cc1c(-c2cc(C(F)(F)F)nc3sc4c(ncn5nc([C@@H](C)n6cc(Cl)cn6)nc45)c23)cnn1C. The molecular weight excluding hydrogens is 503 g/mol. The molecule has 0 aliphatic rings. The topological polar surface area (TPSA) is 91.6 Å². The number of rotatable bonds is 3. The normalized spacial score (nSPS) is 13.5. The summed E-state index contributed by atoms with van der Waals surface area (Å²) in [5, 5.41) is 13.9. The molecule has 9 nitrogen and oxygen atoms in total. The molecule has 6 aromatic rings. The summed E-state index contributed by atoms with van der Waals surface area (Å²) in [6.07, 6.45) is 1.63. The smallest absolute Gasteiger partial charge is 0.272 e.